The van der Waals surface area contributed by atoms with Crippen LogP contribution in [-0.4, -0.2) is 16.8 Å². The van der Waals surface area contributed by atoms with Crippen LogP contribution in [0.4, 0.5) is 0 Å². The maximum Gasteiger partial charge on any atom is 0.100 e. The first-order chi connectivity index (χ1) is 6.88. The van der Waals surface area contributed by atoms with Gasteiger partial charge in [-0.1, -0.05) is 42.5 Å². The smallest absolute Gasteiger partial charge is 0.100 e. The van der Waals surface area contributed by atoms with Crippen molar-refractivity contribution in [1.29, 1.82) is 0 Å². The van der Waals surface area contributed by atoms with E-state index in [0.29, 0.717) is 0 Å². The highest BCUT2D eigenvalue weighted by Gasteiger charge is 2.05. The van der Waals surface area contributed by atoms with Crippen LogP contribution in [-0.2, 0) is 4.74 Å². The van der Waals surface area contributed by atoms with Gasteiger partial charge in [0.25, 0.3) is 0 Å². The summed E-state index contributed by atoms with van der Waals surface area (Å²) in [5.41, 5.74) is 1.19. The predicted molar refractivity (Wildman–Crippen MR) is 64.7 cm³/mol. The third-order valence-corrected chi connectivity index (χ3v) is 2.84. The van der Waals surface area contributed by atoms with Crippen molar-refractivity contribution in [3.8, 4) is 0 Å². The summed E-state index contributed by atoms with van der Waals surface area (Å²) in [6.07, 6.45) is 3.09. The number of ether oxygens (including phenoxy) is 1. The van der Waals surface area contributed by atoms with E-state index in [4.69, 9.17) is 4.74 Å². The highest BCUT2D eigenvalue weighted by molar-refractivity contribution is 6.08. The van der Waals surface area contributed by atoms with Crippen molar-refractivity contribution in [2.24, 2.45) is 0 Å². The SMILES string of the molecule is C=CC(OCCC[SiH3])c1ccccc1. The van der Waals surface area contributed by atoms with Crippen LogP contribution >= 0.6 is 0 Å². The Morgan fingerprint density at radius 3 is 2.64 bits per heavy atom. The molecule has 0 heterocycles. The minimum atomic E-state index is 0.0596. The van der Waals surface area contributed by atoms with E-state index in [1.807, 2.05) is 24.3 Å². The molecule has 1 aromatic rings. The summed E-state index contributed by atoms with van der Waals surface area (Å²) in [6, 6.07) is 11.5. The van der Waals surface area contributed by atoms with Crippen molar-refractivity contribution in [2.75, 3.05) is 6.61 Å². The normalized spacial score (nSPS) is 12.6. The molecule has 0 aliphatic heterocycles. The molecule has 0 fully saturated rings. The van der Waals surface area contributed by atoms with Crippen LogP contribution in [0.1, 0.15) is 18.1 Å². The Labute approximate surface area is 89.2 Å². The first kappa shape index (κ1) is 11.2. The van der Waals surface area contributed by atoms with Gasteiger partial charge in [0, 0.05) is 16.8 Å². The summed E-state index contributed by atoms with van der Waals surface area (Å²) in [5, 5.41) is 0. The largest absolute Gasteiger partial charge is 0.369 e. The maximum absolute atomic E-state index is 5.72. The molecule has 0 aliphatic carbocycles. The molecule has 14 heavy (non-hydrogen) atoms. The molecule has 1 rings (SSSR count). The molecule has 1 nitrogen and oxygen atoms in total. The maximum atomic E-state index is 5.72. The second-order valence-electron chi connectivity index (χ2n) is 3.29. The fourth-order valence-corrected chi connectivity index (χ4v) is 1.59. The predicted octanol–water partition coefficient (Wildman–Crippen LogP) is 2.10. The van der Waals surface area contributed by atoms with Crippen molar-refractivity contribution in [3.63, 3.8) is 0 Å². The van der Waals surface area contributed by atoms with E-state index >= 15 is 0 Å². The minimum Gasteiger partial charge on any atom is -0.369 e. The summed E-state index contributed by atoms with van der Waals surface area (Å²) in [7, 11) is 1.26. The lowest BCUT2D eigenvalue weighted by Crippen LogP contribution is -2.02. The lowest BCUT2D eigenvalue weighted by Gasteiger charge is -2.13. The fraction of sp³-hybridized carbons (Fsp3) is 0.333. The van der Waals surface area contributed by atoms with Crippen LogP contribution in [0.5, 0.6) is 0 Å². The van der Waals surface area contributed by atoms with E-state index in [9.17, 15) is 0 Å². The van der Waals surface area contributed by atoms with Crippen LogP contribution in [0.3, 0.4) is 0 Å². The molecule has 0 radical (unpaired) electrons. The molecular weight excluding hydrogens is 188 g/mol. The minimum absolute atomic E-state index is 0.0596. The van der Waals surface area contributed by atoms with E-state index in [1.165, 1.54) is 28.3 Å². The van der Waals surface area contributed by atoms with Crippen molar-refractivity contribution in [3.05, 3.63) is 48.6 Å². The van der Waals surface area contributed by atoms with Gasteiger partial charge in [0.1, 0.15) is 6.10 Å². The van der Waals surface area contributed by atoms with E-state index in [-0.39, 0.29) is 6.10 Å². The van der Waals surface area contributed by atoms with Crippen LogP contribution in [0.15, 0.2) is 43.0 Å². The van der Waals surface area contributed by atoms with Gasteiger partial charge in [-0.3, -0.25) is 0 Å². The topological polar surface area (TPSA) is 9.23 Å². The number of hydrogen-bond acceptors (Lipinski definition) is 1. The Morgan fingerprint density at radius 2 is 2.07 bits per heavy atom. The van der Waals surface area contributed by atoms with E-state index in [1.54, 1.807) is 0 Å². The van der Waals surface area contributed by atoms with Gasteiger partial charge in [-0.05, 0) is 12.0 Å². The molecule has 0 amide bonds. The quantitative estimate of drug-likeness (QED) is 0.393. The fourth-order valence-electron chi connectivity index (χ4n) is 1.30. The summed E-state index contributed by atoms with van der Waals surface area (Å²) in [6.45, 7) is 4.64. The Kier molecular flexibility index (Phi) is 5.26. The zero-order chi connectivity index (χ0) is 10.2. The monoisotopic (exact) mass is 206 g/mol. The second kappa shape index (κ2) is 6.57. The molecule has 1 aromatic carbocycles. The third kappa shape index (κ3) is 3.48. The van der Waals surface area contributed by atoms with E-state index in [2.05, 4.69) is 18.7 Å². The third-order valence-electron chi connectivity index (χ3n) is 2.14. The molecule has 0 aromatic heterocycles. The van der Waals surface area contributed by atoms with Gasteiger partial charge in [-0.2, -0.15) is 0 Å². The molecule has 0 saturated heterocycles. The second-order valence-corrected chi connectivity index (χ2v) is 4.29. The van der Waals surface area contributed by atoms with Gasteiger partial charge in [0.05, 0.1) is 0 Å². The van der Waals surface area contributed by atoms with Gasteiger partial charge in [-0.15, -0.1) is 6.58 Å². The molecule has 1 atom stereocenters. The Hall–Kier alpha value is -0.863. The average molecular weight is 206 g/mol. The van der Waals surface area contributed by atoms with Crippen LogP contribution < -0.4 is 0 Å². The average Bonchev–Trinajstić information content (AvgIpc) is 2.26. The van der Waals surface area contributed by atoms with Crippen molar-refractivity contribution in [1.82, 2.24) is 0 Å². The first-order valence-corrected chi connectivity index (χ1v) is 6.59. The highest BCUT2D eigenvalue weighted by Crippen LogP contribution is 2.17. The van der Waals surface area contributed by atoms with Crippen molar-refractivity contribution < 1.29 is 4.74 Å². The van der Waals surface area contributed by atoms with Crippen LogP contribution in [0.25, 0.3) is 0 Å². The molecule has 1 unspecified atom stereocenters. The molecule has 76 valence electrons. The van der Waals surface area contributed by atoms with Crippen LogP contribution in [0.2, 0.25) is 6.04 Å². The Morgan fingerprint density at radius 1 is 1.36 bits per heavy atom. The number of hydrogen-bond donors (Lipinski definition) is 0. The van der Waals surface area contributed by atoms with Gasteiger partial charge in [-0.25, -0.2) is 0 Å². The highest BCUT2D eigenvalue weighted by atomic mass is 28.1. The summed E-state index contributed by atoms with van der Waals surface area (Å²) in [5.74, 6) is 0. The molecule has 0 spiro atoms. The molecule has 0 aliphatic rings. The Bertz CT molecular complexity index is 258. The summed E-state index contributed by atoms with van der Waals surface area (Å²) < 4.78 is 5.72. The zero-order valence-corrected chi connectivity index (χ0v) is 10.8. The zero-order valence-electron chi connectivity index (χ0n) is 8.78. The number of rotatable bonds is 6. The standard InChI is InChI=1S/C12H18OSi/c1-2-12(13-9-6-10-14)11-7-4-3-5-8-11/h2-5,7-8,12H,1,6,9-10H2,14H3. The van der Waals surface area contributed by atoms with E-state index < -0.39 is 0 Å². The summed E-state index contributed by atoms with van der Waals surface area (Å²) >= 11 is 0. The molecule has 0 bridgehead atoms. The lowest BCUT2D eigenvalue weighted by molar-refractivity contribution is 0.0861. The molecule has 0 saturated carbocycles. The van der Waals surface area contributed by atoms with Gasteiger partial charge in [0.15, 0.2) is 0 Å². The van der Waals surface area contributed by atoms with Crippen molar-refractivity contribution in [2.45, 2.75) is 18.6 Å². The molecular formula is C12H18OSi. The van der Waals surface area contributed by atoms with Crippen molar-refractivity contribution >= 4 is 10.2 Å². The number of benzene rings is 1. The van der Waals surface area contributed by atoms with Gasteiger partial charge in [0.2, 0.25) is 0 Å². The summed E-state index contributed by atoms with van der Waals surface area (Å²) in [4.78, 5) is 0. The van der Waals surface area contributed by atoms with Gasteiger partial charge >= 0.3 is 0 Å². The van der Waals surface area contributed by atoms with Gasteiger partial charge < -0.3 is 4.74 Å². The first-order valence-electron chi connectivity index (χ1n) is 5.17. The Balaban J connectivity index is 2.50. The van der Waals surface area contributed by atoms with E-state index in [0.717, 1.165) is 6.61 Å². The molecule has 0 N–H and O–H groups in total. The lowest BCUT2D eigenvalue weighted by atomic mass is 10.1. The van der Waals surface area contributed by atoms with Crippen LogP contribution in [0, 0.1) is 0 Å². The molecule has 2 heteroatoms.